The molecule has 0 aromatic heterocycles. The Labute approximate surface area is 84.5 Å². The molecule has 1 heterocycles. The molecule has 4 heteroatoms. The maximum Gasteiger partial charge on any atom is 0.320 e. The number of likely N-dealkylation sites (tertiary alicyclic amines) is 1. The SMILES string of the molecule is C[C@H](O)C1CCN([C@@H](C)C(=O)O)CC1. The molecule has 1 saturated heterocycles. The minimum atomic E-state index is -0.763. The molecule has 1 aliphatic heterocycles. The van der Waals surface area contributed by atoms with E-state index >= 15 is 0 Å². The van der Waals surface area contributed by atoms with E-state index in [0.29, 0.717) is 5.92 Å². The molecule has 0 radical (unpaired) electrons. The summed E-state index contributed by atoms with van der Waals surface area (Å²) in [5.74, 6) is -0.423. The predicted octanol–water partition coefficient (Wildman–Crippen LogP) is 0.552. The van der Waals surface area contributed by atoms with Crippen LogP contribution in [0.4, 0.5) is 0 Å². The fraction of sp³-hybridized carbons (Fsp3) is 0.900. The minimum absolute atomic E-state index is 0.266. The lowest BCUT2D eigenvalue weighted by molar-refractivity contribution is -0.143. The lowest BCUT2D eigenvalue weighted by Crippen LogP contribution is -2.45. The number of aliphatic hydroxyl groups is 1. The Hall–Kier alpha value is -0.610. The number of piperidine rings is 1. The second kappa shape index (κ2) is 4.75. The van der Waals surface area contributed by atoms with Crippen LogP contribution in [-0.2, 0) is 4.79 Å². The van der Waals surface area contributed by atoms with Gasteiger partial charge in [-0.3, -0.25) is 9.69 Å². The van der Waals surface area contributed by atoms with E-state index in [4.69, 9.17) is 5.11 Å². The van der Waals surface area contributed by atoms with E-state index in [1.165, 1.54) is 0 Å². The quantitative estimate of drug-likeness (QED) is 0.700. The van der Waals surface area contributed by atoms with E-state index < -0.39 is 12.0 Å². The van der Waals surface area contributed by atoms with Crippen LogP contribution < -0.4 is 0 Å². The fourth-order valence-electron chi connectivity index (χ4n) is 1.95. The second-order valence-corrected chi connectivity index (χ2v) is 4.13. The van der Waals surface area contributed by atoms with Gasteiger partial charge in [0.05, 0.1) is 6.10 Å². The molecule has 0 amide bonds. The van der Waals surface area contributed by atoms with Crippen molar-refractivity contribution in [3.8, 4) is 0 Å². The molecule has 4 nitrogen and oxygen atoms in total. The Kier molecular flexibility index (Phi) is 3.89. The van der Waals surface area contributed by atoms with E-state index in [9.17, 15) is 9.90 Å². The van der Waals surface area contributed by atoms with Gasteiger partial charge < -0.3 is 10.2 Å². The van der Waals surface area contributed by atoms with Crippen LogP contribution in [0.5, 0.6) is 0 Å². The van der Waals surface area contributed by atoms with E-state index in [0.717, 1.165) is 25.9 Å². The first kappa shape index (κ1) is 11.5. The van der Waals surface area contributed by atoms with Gasteiger partial charge in [-0.2, -0.15) is 0 Å². The summed E-state index contributed by atoms with van der Waals surface area (Å²) in [4.78, 5) is 12.7. The van der Waals surface area contributed by atoms with Crippen molar-refractivity contribution >= 4 is 5.97 Å². The van der Waals surface area contributed by atoms with Crippen molar-refractivity contribution in [2.24, 2.45) is 5.92 Å². The average molecular weight is 201 g/mol. The first-order chi connectivity index (χ1) is 6.52. The predicted molar refractivity (Wildman–Crippen MR) is 53.1 cm³/mol. The number of carboxylic acid groups (broad SMARTS) is 1. The minimum Gasteiger partial charge on any atom is -0.480 e. The van der Waals surface area contributed by atoms with Crippen LogP contribution in [0.2, 0.25) is 0 Å². The van der Waals surface area contributed by atoms with Gasteiger partial charge in [0.15, 0.2) is 0 Å². The molecule has 0 spiro atoms. The van der Waals surface area contributed by atoms with Gasteiger partial charge in [0, 0.05) is 0 Å². The molecule has 0 saturated carbocycles. The Bertz CT molecular complexity index is 198. The molecular weight excluding hydrogens is 182 g/mol. The van der Waals surface area contributed by atoms with Gasteiger partial charge in [-0.15, -0.1) is 0 Å². The fourth-order valence-corrected chi connectivity index (χ4v) is 1.95. The standard InChI is InChI=1S/C10H19NO3/c1-7(10(13)14)11-5-3-9(4-6-11)8(2)12/h7-9,12H,3-6H2,1-2H3,(H,13,14)/t7-,8-/m0/s1. The van der Waals surface area contributed by atoms with Crippen LogP contribution in [0, 0.1) is 5.92 Å². The number of hydrogen-bond acceptors (Lipinski definition) is 3. The van der Waals surface area contributed by atoms with Crippen molar-refractivity contribution in [2.45, 2.75) is 38.8 Å². The maximum atomic E-state index is 10.7. The molecule has 82 valence electrons. The van der Waals surface area contributed by atoms with Crippen molar-refractivity contribution in [3.05, 3.63) is 0 Å². The van der Waals surface area contributed by atoms with Gasteiger partial charge in [0.25, 0.3) is 0 Å². The van der Waals surface area contributed by atoms with E-state index in [1.54, 1.807) is 13.8 Å². The van der Waals surface area contributed by atoms with Crippen molar-refractivity contribution in [2.75, 3.05) is 13.1 Å². The van der Waals surface area contributed by atoms with Gasteiger partial charge in [-0.05, 0) is 45.7 Å². The summed E-state index contributed by atoms with van der Waals surface area (Å²) in [6.45, 7) is 5.08. The molecule has 0 bridgehead atoms. The first-order valence-electron chi connectivity index (χ1n) is 5.17. The third kappa shape index (κ3) is 2.69. The Morgan fingerprint density at radius 2 is 1.86 bits per heavy atom. The Morgan fingerprint density at radius 1 is 1.36 bits per heavy atom. The number of nitrogens with zero attached hydrogens (tertiary/aromatic N) is 1. The van der Waals surface area contributed by atoms with Crippen LogP contribution in [-0.4, -0.2) is 46.3 Å². The summed E-state index contributed by atoms with van der Waals surface area (Å²) in [5.41, 5.74) is 0. The zero-order chi connectivity index (χ0) is 10.7. The normalized spacial score (nSPS) is 24.5. The van der Waals surface area contributed by atoms with Gasteiger partial charge in [0.2, 0.25) is 0 Å². The molecule has 14 heavy (non-hydrogen) atoms. The molecule has 2 N–H and O–H groups in total. The van der Waals surface area contributed by atoms with Gasteiger partial charge in [-0.1, -0.05) is 0 Å². The topological polar surface area (TPSA) is 60.8 Å². The monoisotopic (exact) mass is 201 g/mol. The number of aliphatic carboxylic acids is 1. The molecular formula is C10H19NO3. The number of aliphatic hydroxyl groups excluding tert-OH is 1. The van der Waals surface area contributed by atoms with Gasteiger partial charge in [-0.25, -0.2) is 0 Å². The van der Waals surface area contributed by atoms with Crippen LogP contribution >= 0.6 is 0 Å². The summed E-state index contributed by atoms with van der Waals surface area (Å²) >= 11 is 0. The lowest BCUT2D eigenvalue weighted by atomic mass is 9.91. The first-order valence-corrected chi connectivity index (χ1v) is 5.17. The summed E-state index contributed by atoms with van der Waals surface area (Å²) in [6.07, 6.45) is 1.53. The molecule has 0 aromatic rings. The lowest BCUT2D eigenvalue weighted by Gasteiger charge is -2.35. The molecule has 2 atom stereocenters. The molecule has 1 rings (SSSR count). The van der Waals surface area contributed by atoms with Crippen LogP contribution in [0.1, 0.15) is 26.7 Å². The zero-order valence-electron chi connectivity index (χ0n) is 8.81. The zero-order valence-corrected chi connectivity index (χ0v) is 8.81. The van der Waals surface area contributed by atoms with Crippen molar-refractivity contribution < 1.29 is 15.0 Å². The molecule has 1 fully saturated rings. The van der Waals surface area contributed by atoms with Crippen LogP contribution in [0.15, 0.2) is 0 Å². The third-order valence-electron chi connectivity index (χ3n) is 3.16. The highest BCUT2D eigenvalue weighted by Crippen LogP contribution is 2.21. The number of rotatable bonds is 3. The number of hydrogen-bond donors (Lipinski definition) is 2. The van der Waals surface area contributed by atoms with Crippen LogP contribution in [0.25, 0.3) is 0 Å². The molecule has 0 aromatic carbocycles. The Morgan fingerprint density at radius 3 is 2.21 bits per heavy atom. The second-order valence-electron chi connectivity index (χ2n) is 4.13. The van der Waals surface area contributed by atoms with Crippen molar-refractivity contribution in [3.63, 3.8) is 0 Å². The van der Waals surface area contributed by atoms with Gasteiger partial charge in [0.1, 0.15) is 6.04 Å². The molecule has 0 aliphatic carbocycles. The van der Waals surface area contributed by atoms with Crippen molar-refractivity contribution in [1.82, 2.24) is 4.90 Å². The molecule has 0 unspecified atom stereocenters. The van der Waals surface area contributed by atoms with E-state index in [1.807, 2.05) is 4.90 Å². The highest BCUT2D eigenvalue weighted by atomic mass is 16.4. The summed E-state index contributed by atoms with van der Waals surface area (Å²) < 4.78 is 0. The third-order valence-corrected chi connectivity index (χ3v) is 3.16. The van der Waals surface area contributed by atoms with Crippen molar-refractivity contribution in [1.29, 1.82) is 0 Å². The van der Waals surface area contributed by atoms with E-state index in [2.05, 4.69) is 0 Å². The average Bonchev–Trinajstić information content (AvgIpc) is 2.16. The number of carbonyl (C=O) groups is 1. The summed E-state index contributed by atoms with van der Waals surface area (Å²) in [5, 5.41) is 18.2. The maximum absolute atomic E-state index is 10.7. The Balaban J connectivity index is 2.39. The summed E-state index contributed by atoms with van der Waals surface area (Å²) in [7, 11) is 0. The smallest absolute Gasteiger partial charge is 0.320 e. The van der Waals surface area contributed by atoms with Crippen LogP contribution in [0.3, 0.4) is 0 Å². The highest BCUT2D eigenvalue weighted by molar-refractivity contribution is 5.72. The van der Waals surface area contributed by atoms with E-state index in [-0.39, 0.29) is 6.10 Å². The summed E-state index contributed by atoms with van der Waals surface area (Å²) in [6, 6.07) is -0.398. The molecule has 1 aliphatic rings. The largest absolute Gasteiger partial charge is 0.480 e. The highest BCUT2D eigenvalue weighted by Gasteiger charge is 2.27. The van der Waals surface area contributed by atoms with Gasteiger partial charge >= 0.3 is 5.97 Å². The number of carboxylic acids is 1.